The topological polar surface area (TPSA) is 69.4 Å². The minimum atomic E-state index is -0.616. The number of fused-ring (bicyclic) bond motifs is 1. The molecule has 5 nitrogen and oxygen atoms in total. The summed E-state index contributed by atoms with van der Waals surface area (Å²) < 4.78 is 9.52. The number of methoxy groups -OCH3 is 1. The molecule has 0 spiro atoms. The molecule has 0 fully saturated rings. The van der Waals surface area contributed by atoms with Gasteiger partial charge < -0.3 is 9.26 Å². The summed E-state index contributed by atoms with van der Waals surface area (Å²) in [5.41, 5.74) is 0.332. The molecule has 0 bridgehead atoms. The molecule has 1 aromatic heterocycles. The van der Waals surface area contributed by atoms with Gasteiger partial charge in [-0.1, -0.05) is 5.16 Å². The van der Waals surface area contributed by atoms with Crippen molar-refractivity contribution in [1.82, 2.24) is 5.16 Å². The standard InChI is InChI=1S/C10H11NO4/c1-14-10(13)9-8-6(12)4-2-3-5-7(8)15-11-9/h2-5H2,1H3. The van der Waals surface area contributed by atoms with Gasteiger partial charge in [-0.2, -0.15) is 0 Å². The molecule has 0 aliphatic heterocycles. The van der Waals surface area contributed by atoms with Gasteiger partial charge in [-0.15, -0.1) is 0 Å². The van der Waals surface area contributed by atoms with Crippen LogP contribution in [-0.4, -0.2) is 24.0 Å². The van der Waals surface area contributed by atoms with Crippen LogP contribution in [0.25, 0.3) is 0 Å². The minimum Gasteiger partial charge on any atom is -0.464 e. The van der Waals surface area contributed by atoms with E-state index >= 15 is 0 Å². The Kier molecular flexibility index (Phi) is 2.53. The summed E-state index contributed by atoms with van der Waals surface area (Å²) in [5, 5.41) is 3.59. The van der Waals surface area contributed by atoms with Crippen LogP contribution in [0.5, 0.6) is 0 Å². The summed E-state index contributed by atoms with van der Waals surface area (Å²) in [6.07, 6.45) is 2.81. The fourth-order valence-electron chi connectivity index (χ4n) is 1.71. The van der Waals surface area contributed by atoms with Crippen LogP contribution in [0.15, 0.2) is 4.52 Å². The number of hydrogen-bond acceptors (Lipinski definition) is 5. The summed E-state index contributed by atoms with van der Waals surface area (Å²) in [7, 11) is 1.25. The maximum atomic E-state index is 11.7. The van der Waals surface area contributed by atoms with Gasteiger partial charge >= 0.3 is 5.97 Å². The van der Waals surface area contributed by atoms with E-state index in [4.69, 9.17) is 4.52 Å². The quantitative estimate of drug-likeness (QED) is 0.516. The van der Waals surface area contributed by atoms with Crippen LogP contribution in [0.3, 0.4) is 0 Å². The van der Waals surface area contributed by atoms with Crippen molar-refractivity contribution in [3.8, 4) is 0 Å². The van der Waals surface area contributed by atoms with E-state index in [9.17, 15) is 9.59 Å². The van der Waals surface area contributed by atoms with E-state index < -0.39 is 5.97 Å². The van der Waals surface area contributed by atoms with Gasteiger partial charge in [0.1, 0.15) is 5.76 Å². The summed E-state index contributed by atoms with van der Waals surface area (Å²) >= 11 is 0. The second-order valence-corrected chi connectivity index (χ2v) is 3.45. The van der Waals surface area contributed by atoms with Gasteiger partial charge in [0, 0.05) is 12.8 Å². The SMILES string of the molecule is COC(=O)c1noc2c1C(=O)CCCC2. The highest BCUT2D eigenvalue weighted by Gasteiger charge is 2.28. The largest absolute Gasteiger partial charge is 0.464 e. The third kappa shape index (κ3) is 1.65. The van der Waals surface area contributed by atoms with Crippen LogP contribution in [0, 0.1) is 0 Å². The summed E-state index contributed by atoms with van der Waals surface area (Å²) in [6.45, 7) is 0. The number of aryl methyl sites for hydroxylation is 1. The molecule has 0 saturated carbocycles. The molecule has 15 heavy (non-hydrogen) atoms. The molecule has 0 unspecified atom stereocenters. The van der Waals surface area contributed by atoms with E-state index in [-0.39, 0.29) is 11.5 Å². The van der Waals surface area contributed by atoms with Crippen LogP contribution in [0.4, 0.5) is 0 Å². The van der Waals surface area contributed by atoms with E-state index in [2.05, 4.69) is 9.89 Å². The van der Waals surface area contributed by atoms with Crippen LogP contribution in [0.1, 0.15) is 45.9 Å². The van der Waals surface area contributed by atoms with Crippen molar-refractivity contribution in [2.75, 3.05) is 7.11 Å². The van der Waals surface area contributed by atoms with E-state index in [0.717, 1.165) is 12.8 Å². The molecule has 1 aliphatic carbocycles. The van der Waals surface area contributed by atoms with Crippen LogP contribution >= 0.6 is 0 Å². The molecule has 0 radical (unpaired) electrons. The fraction of sp³-hybridized carbons (Fsp3) is 0.500. The lowest BCUT2D eigenvalue weighted by Gasteiger charge is -1.97. The monoisotopic (exact) mass is 209 g/mol. The van der Waals surface area contributed by atoms with E-state index in [0.29, 0.717) is 24.2 Å². The summed E-state index contributed by atoms with van der Waals surface area (Å²) in [6, 6.07) is 0. The lowest BCUT2D eigenvalue weighted by molar-refractivity contribution is 0.0585. The van der Waals surface area contributed by atoms with Crippen molar-refractivity contribution in [3.63, 3.8) is 0 Å². The Morgan fingerprint density at radius 1 is 1.40 bits per heavy atom. The van der Waals surface area contributed by atoms with Gasteiger partial charge in [0.25, 0.3) is 0 Å². The number of esters is 1. The second-order valence-electron chi connectivity index (χ2n) is 3.45. The van der Waals surface area contributed by atoms with Gasteiger partial charge in [0.15, 0.2) is 5.78 Å². The van der Waals surface area contributed by atoms with Crippen LogP contribution in [0.2, 0.25) is 0 Å². The Morgan fingerprint density at radius 3 is 2.87 bits per heavy atom. The first-order chi connectivity index (χ1) is 7.24. The van der Waals surface area contributed by atoms with Crippen molar-refractivity contribution < 1.29 is 18.8 Å². The number of carbonyl (C=O) groups is 2. The molecule has 80 valence electrons. The normalized spacial score (nSPS) is 15.7. The van der Waals surface area contributed by atoms with Crippen molar-refractivity contribution in [3.05, 3.63) is 17.0 Å². The number of carbonyl (C=O) groups excluding carboxylic acids is 2. The van der Waals surface area contributed by atoms with Gasteiger partial charge in [-0.3, -0.25) is 4.79 Å². The molecule has 1 heterocycles. The van der Waals surface area contributed by atoms with Gasteiger partial charge in [0.2, 0.25) is 5.69 Å². The number of nitrogens with zero attached hydrogens (tertiary/aromatic N) is 1. The number of Topliss-reactive ketones (excluding diaryl/α,β-unsaturated/α-hetero) is 1. The molecule has 1 aliphatic rings. The Balaban J connectivity index is 2.46. The number of aromatic nitrogens is 1. The van der Waals surface area contributed by atoms with E-state index in [1.165, 1.54) is 7.11 Å². The number of ether oxygens (including phenoxy) is 1. The van der Waals surface area contributed by atoms with Crippen molar-refractivity contribution >= 4 is 11.8 Å². The minimum absolute atomic E-state index is 0.0133. The number of ketones is 1. The molecule has 0 saturated heterocycles. The zero-order valence-electron chi connectivity index (χ0n) is 8.41. The average molecular weight is 209 g/mol. The fourth-order valence-corrected chi connectivity index (χ4v) is 1.71. The zero-order chi connectivity index (χ0) is 10.8. The third-order valence-electron chi connectivity index (χ3n) is 2.48. The van der Waals surface area contributed by atoms with Crippen molar-refractivity contribution in [2.24, 2.45) is 0 Å². The molecule has 1 aromatic rings. The predicted molar refractivity (Wildman–Crippen MR) is 49.7 cm³/mol. The Bertz CT molecular complexity index is 408. The molecule has 0 atom stereocenters. The molecule has 0 N–H and O–H groups in total. The third-order valence-corrected chi connectivity index (χ3v) is 2.48. The smallest absolute Gasteiger partial charge is 0.361 e. The summed E-state index contributed by atoms with van der Waals surface area (Å²) in [4.78, 5) is 23.0. The first-order valence-corrected chi connectivity index (χ1v) is 4.84. The van der Waals surface area contributed by atoms with Gasteiger partial charge in [-0.25, -0.2) is 4.79 Å². The molecular weight excluding hydrogens is 198 g/mol. The molecule has 0 aromatic carbocycles. The highest BCUT2D eigenvalue weighted by molar-refractivity contribution is 6.06. The molecule has 0 amide bonds. The lowest BCUT2D eigenvalue weighted by Crippen LogP contribution is -2.09. The number of rotatable bonds is 1. The van der Waals surface area contributed by atoms with E-state index in [1.807, 2.05) is 0 Å². The highest BCUT2D eigenvalue weighted by Crippen LogP contribution is 2.23. The first-order valence-electron chi connectivity index (χ1n) is 4.84. The second kappa shape index (κ2) is 3.84. The average Bonchev–Trinajstić information content (AvgIpc) is 2.58. The highest BCUT2D eigenvalue weighted by atomic mass is 16.5. The Labute approximate surface area is 86.4 Å². The Morgan fingerprint density at radius 2 is 2.13 bits per heavy atom. The molecule has 5 heteroatoms. The first kappa shape index (κ1) is 9.89. The molecule has 2 rings (SSSR count). The van der Waals surface area contributed by atoms with Gasteiger partial charge in [-0.05, 0) is 12.8 Å². The predicted octanol–water partition coefficient (Wildman–Crippen LogP) is 1.37. The maximum absolute atomic E-state index is 11.7. The van der Waals surface area contributed by atoms with Crippen LogP contribution < -0.4 is 0 Å². The Hall–Kier alpha value is -1.65. The van der Waals surface area contributed by atoms with Crippen molar-refractivity contribution in [1.29, 1.82) is 0 Å². The summed E-state index contributed by atoms with van der Waals surface area (Å²) in [5.74, 6) is -0.183. The van der Waals surface area contributed by atoms with Gasteiger partial charge in [0.05, 0.1) is 12.7 Å². The van der Waals surface area contributed by atoms with E-state index in [1.54, 1.807) is 0 Å². The maximum Gasteiger partial charge on any atom is 0.361 e. The lowest BCUT2D eigenvalue weighted by atomic mass is 10.1. The zero-order valence-corrected chi connectivity index (χ0v) is 8.41. The van der Waals surface area contributed by atoms with Crippen molar-refractivity contribution in [2.45, 2.75) is 25.7 Å². The number of hydrogen-bond donors (Lipinski definition) is 0. The molecular formula is C10H11NO4. The van der Waals surface area contributed by atoms with Crippen LogP contribution in [-0.2, 0) is 11.2 Å².